The highest BCUT2D eigenvalue weighted by atomic mass is 32.1. The van der Waals surface area contributed by atoms with Crippen LogP contribution in [-0.4, -0.2) is 96.3 Å². The van der Waals surface area contributed by atoms with Gasteiger partial charge in [0.2, 0.25) is 0 Å². The first kappa shape index (κ1) is 39.6. The number of rotatable bonds is 4. The number of thiophene rings is 1. The Hall–Kier alpha value is -4.56. The van der Waals surface area contributed by atoms with Gasteiger partial charge in [0.05, 0.1) is 22.9 Å². The van der Waals surface area contributed by atoms with Crippen LogP contribution in [0.25, 0.3) is 32.1 Å². The fraction of sp³-hybridized carbons (Fsp3) is 0.500. The van der Waals surface area contributed by atoms with Crippen LogP contribution in [0.5, 0.6) is 6.01 Å². The van der Waals surface area contributed by atoms with Crippen LogP contribution in [0.15, 0.2) is 18.2 Å². The lowest BCUT2D eigenvalue weighted by atomic mass is 9.92. The number of aromatic nitrogens is 2. The summed E-state index contributed by atoms with van der Waals surface area (Å²) in [5.41, 5.74) is 2.59. The van der Waals surface area contributed by atoms with E-state index < -0.39 is 40.6 Å². The molecule has 286 valence electrons. The Bertz CT molecular complexity index is 2000. The Labute approximate surface area is 307 Å². The normalized spacial score (nSPS) is 19.7. The number of nitrogens with zero attached hydrogens (tertiary/aromatic N) is 6. The molecule has 3 fully saturated rings. The molecule has 2 aromatic carbocycles. The van der Waals surface area contributed by atoms with Crippen LogP contribution >= 0.6 is 11.3 Å². The molecule has 7 rings (SSSR count). The number of nitrogens with one attached hydrogen (secondary N) is 1. The van der Waals surface area contributed by atoms with Crippen molar-refractivity contribution in [1.29, 1.82) is 5.26 Å². The van der Waals surface area contributed by atoms with Crippen molar-refractivity contribution >= 4 is 49.2 Å². The van der Waals surface area contributed by atoms with E-state index in [2.05, 4.69) is 27.1 Å². The summed E-state index contributed by atoms with van der Waals surface area (Å²) in [5, 5.41) is 11.8. The van der Waals surface area contributed by atoms with E-state index in [4.69, 9.17) is 10.5 Å². The minimum atomic E-state index is -5.00. The SMILES string of the molecule is CC1CCCN1C(=O)N(C)C.CCNc1nc(OC)nc2c(F)c(-c3ccc(F)c4sc(N)c(C#N)c34)c(C(F)(F)F)cc12.FC1CC2CCCN2C1. The van der Waals surface area contributed by atoms with Crippen LogP contribution in [0.2, 0.25) is 0 Å². The molecule has 0 radical (unpaired) electrons. The van der Waals surface area contributed by atoms with Gasteiger partial charge < -0.3 is 25.6 Å². The van der Waals surface area contributed by atoms with E-state index in [-0.39, 0.29) is 56.0 Å². The summed E-state index contributed by atoms with van der Waals surface area (Å²) in [5.74, 6) is -2.15. The molecular weight excluding hydrogens is 723 g/mol. The van der Waals surface area contributed by atoms with Gasteiger partial charge in [0.25, 0.3) is 0 Å². The van der Waals surface area contributed by atoms with Gasteiger partial charge in [-0.2, -0.15) is 28.4 Å². The molecule has 2 amide bonds. The second-order valence-electron chi connectivity index (χ2n) is 13.3. The minimum absolute atomic E-state index is 0.0444. The highest BCUT2D eigenvalue weighted by Gasteiger charge is 2.38. The molecule has 0 aliphatic carbocycles. The monoisotopic (exact) mass is 764 g/mol. The topological polar surface area (TPSA) is 124 Å². The van der Waals surface area contributed by atoms with Gasteiger partial charge in [-0.15, -0.1) is 11.3 Å². The van der Waals surface area contributed by atoms with Crippen molar-refractivity contribution in [2.45, 2.75) is 70.4 Å². The number of anilines is 2. The Morgan fingerprint density at radius 1 is 1.19 bits per heavy atom. The van der Waals surface area contributed by atoms with Crippen LogP contribution < -0.4 is 15.8 Å². The molecule has 3 N–H and O–H groups in total. The number of benzene rings is 2. The van der Waals surface area contributed by atoms with Crippen LogP contribution in [0.3, 0.4) is 0 Å². The molecule has 3 saturated heterocycles. The summed E-state index contributed by atoms with van der Waals surface area (Å²) in [6.07, 6.45) is 0.122. The highest BCUT2D eigenvalue weighted by Crippen LogP contribution is 2.47. The molecule has 4 aromatic rings. The Kier molecular flexibility index (Phi) is 12.1. The number of nitrogen functional groups attached to an aromatic ring is 1. The molecule has 2 aromatic heterocycles. The number of hydrogen-bond donors (Lipinski definition) is 2. The second-order valence-corrected chi connectivity index (χ2v) is 14.4. The summed E-state index contributed by atoms with van der Waals surface area (Å²) in [4.78, 5) is 25.2. The fourth-order valence-corrected chi connectivity index (χ4v) is 8.05. The van der Waals surface area contributed by atoms with Gasteiger partial charge in [0.1, 0.15) is 34.4 Å². The van der Waals surface area contributed by atoms with Crippen molar-refractivity contribution in [2.24, 2.45) is 0 Å². The van der Waals surface area contributed by atoms with Gasteiger partial charge >= 0.3 is 18.2 Å². The number of methoxy groups -OCH3 is 1. The average molecular weight is 765 g/mol. The predicted octanol–water partition coefficient (Wildman–Crippen LogP) is 8.05. The average Bonchev–Trinajstić information content (AvgIpc) is 3.89. The van der Waals surface area contributed by atoms with E-state index in [9.17, 15) is 32.0 Å². The third-order valence-corrected chi connectivity index (χ3v) is 10.6. The largest absolute Gasteiger partial charge is 0.467 e. The first-order chi connectivity index (χ1) is 25.1. The van der Waals surface area contributed by atoms with E-state index in [1.165, 1.54) is 20.0 Å². The zero-order valence-corrected chi connectivity index (χ0v) is 30.9. The summed E-state index contributed by atoms with van der Waals surface area (Å²) in [7, 11) is 4.83. The van der Waals surface area contributed by atoms with Gasteiger partial charge in [0, 0.05) is 62.1 Å². The van der Waals surface area contributed by atoms with Crippen molar-refractivity contribution < 1.29 is 35.9 Å². The molecule has 53 heavy (non-hydrogen) atoms. The van der Waals surface area contributed by atoms with Crippen molar-refractivity contribution in [3.63, 3.8) is 0 Å². The number of urea groups is 1. The third-order valence-electron chi connectivity index (χ3n) is 9.58. The summed E-state index contributed by atoms with van der Waals surface area (Å²) >= 11 is 0.698. The lowest BCUT2D eigenvalue weighted by Crippen LogP contribution is -2.40. The maximum Gasteiger partial charge on any atom is 0.417 e. The second kappa shape index (κ2) is 16.2. The molecule has 0 bridgehead atoms. The van der Waals surface area contributed by atoms with E-state index in [0.717, 1.165) is 50.6 Å². The lowest BCUT2D eigenvalue weighted by molar-refractivity contribution is -0.137. The lowest BCUT2D eigenvalue weighted by Gasteiger charge is -2.25. The number of hydrogen-bond acceptors (Lipinski definition) is 9. The van der Waals surface area contributed by atoms with Crippen molar-refractivity contribution in [1.82, 2.24) is 24.7 Å². The number of amides is 2. The molecular formula is C36H42F6N8O2S. The molecule has 3 atom stereocenters. The first-order valence-corrected chi connectivity index (χ1v) is 18.1. The van der Waals surface area contributed by atoms with Crippen molar-refractivity contribution in [2.75, 3.05) is 58.4 Å². The van der Waals surface area contributed by atoms with Crippen LogP contribution in [-0.2, 0) is 6.18 Å². The van der Waals surface area contributed by atoms with E-state index in [1.54, 1.807) is 32.0 Å². The van der Waals surface area contributed by atoms with Crippen LogP contribution in [0.4, 0.5) is 42.0 Å². The maximum atomic E-state index is 15.9. The molecule has 0 spiro atoms. The van der Waals surface area contributed by atoms with Gasteiger partial charge in [-0.25, -0.2) is 18.0 Å². The minimum Gasteiger partial charge on any atom is -0.467 e. The number of ether oxygens (including phenoxy) is 1. The molecule has 3 aliphatic heterocycles. The quantitative estimate of drug-likeness (QED) is 0.200. The van der Waals surface area contributed by atoms with Crippen LogP contribution in [0.1, 0.15) is 57.1 Å². The summed E-state index contributed by atoms with van der Waals surface area (Å²) < 4.78 is 90.2. The number of alkyl halides is 4. The highest BCUT2D eigenvalue weighted by molar-refractivity contribution is 7.23. The zero-order valence-electron chi connectivity index (χ0n) is 30.1. The molecule has 17 heteroatoms. The predicted molar refractivity (Wildman–Crippen MR) is 194 cm³/mol. The zero-order chi connectivity index (χ0) is 38.8. The Morgan fingerprint density at radius 2 is 1.91 bits per heavy atom. The van der Waals surface area contributed by atoms with Gasteiger partial charge in [-0.05, 0) is 70.2 Å². The number of halogens is 6. The fourth-order valence-electron chi connectivity index (χ4n) is 7.10. The number of carbonyl (C=O) groups is 1. The molecule has 5 heterocycles. The maximum absolute atomic E-state index is 15.9. The van der Waals surface area contributed by atoms with E-state index in [0.29, 0.717) is 30.0 Å². The van der Waals surface area contributed by atoms with Crippen LogP contribution in [0, 0.1) is 23.0 Å². The number of fused-ring (bicyclic) bond motifs is 3. The van der Waals surface area contributed by atoms with E-state index in [1.807, 2.05) is 4.90 Å². The van der Waals surface area contributed by atoms with Crippen molar-refractivity contribution in [3.8, 4) is 23.2 Å². The summed E-state index contributed by atoms with van der Waals surface area (Å²) in [6.45, 7) is 6.87. The molecule has 3 aliphatic rings. The Morgan fingerprint density at radius 3 is 2.49 bits per heavy atom. The molecule has 0 saturated carbocycles. The standard InChI is InChI=1S/C21H14F5N5OS.C8H16N2O.C7H12FN/c1-3-29-19-9-6-11(21(24,25)26)14(15(23)16(9)30-20(31-19)32-2)8-4-5-12(22)17-13(8)10(7-27)18(28)33-17;1-7-5-4-6-10(7)8(11)9(2)3;8-6-4-7-2-1-3-9(7)5-6/h4-6H,3,28H2,1-2H3,(H,29,30,31);7H,4-6H2,1-3H3;6-7H,1-5H2. The van der Waals surface area contributed by atoms with Gasteiger partial charge in [0.15, 0.2) is 5.82 Å². The number of likely N-dealkylation sites (tertiary alicyclic amines) is 1. The van der Waals surface area contributed by atoms with Crippen molar-refractivity contribution in [3.05, 3.63) is 41.0 Å². The van der Waals surface area contributed by atoms with Gasteiger partial charge in [-0.1, -0.05) is 6.07 Å². The molecule has 10 nitrogen and oxygen atoms in total. The van der Waals surface area contributed by atoms with Gasteiger partial charge in [-0.3, -0.25) is 4.90 Å². The number of nitrogens with two attached hydrogens (primary N) is 1. The third kappa shape index (κ3) is 8.18. The Balaban J connectivity index is 0.000000217. The summed E-state index contributed by atoms with van der Waals surface area (Å²) in [6, 6.07) is 5.33. The van der Waals surface area contributed by atoms with E-state index >= 15 is 4.39 Å². The smallest absolute Gasteiger partial charge is 0.417 e. The number of nitriles is 1. The first-order valence-electron chi connectivity index (χ1n) is 17.3. The molecule has 3 unspecified atom stereocenters. The number of carbonyl (C=O) groups excluding carboxylic acids is 1.